The minimum absolute atomic E-state index is 0.144. The molecule has 2 heterocycles. The van der Waals surface area contributed by atoms with Crippen LogP contribution in [0.3, 0.4) is 0 Å². The number of nitrogens with zero attached hydrogens (tertiary/aromatic N) is 1. The average Bonchev–Trinajstić information content (AvgIpc) is 2.98. The summed E-state index contributed by atoms with van der Waals surface area (Å²) in [5, 5.41) is 16.0. The predicted molar refractivity (Wildman–Crippen MR) is 89.3 cm³/mol. The van der Waals surface area contributed by atoms with Gasteiger partial charge in [-0.1, -0.05) is 24.3 Å². The number of urea groups is 1. The fourth-order valence-corrected chi connectivity index (χ4v) is 2.50. The van der Waals surface area contributed by atoms with Gasteiger partial charge >= 0.3 is 6.03 Å². The molecule has 1 aromatic carbocycles. The van der Waals surface area contributed by atoms with Crippen molar-refractivity contribution in [3.8, 4) is 0 Å². The van der Waals surface area contributed by atoms with E-state index in [1.54, 1.807) is 24.4 Å². The average molecular weight is 310 g/mol. The Balaban J connectivity index is 1.65. The zero-order chi connectivity index (χ0) is 16.1. The number of aliphatic hydroxyl groups excluding tert-OH is 1. The van der Waals surface area contributed by atoms with Gasteiger partial charge in [-0.3, -0.25) is 5.32 Å². The molecule has 2 aromatic heterocycles. The van der Waals surface area contributed by atoms with Crippen LogP contribution >= 0.6 is 0 Å². The number of rotatable bonds is 5. The third-order valence-electron chi connectivity index (χ3n) is 3.60. The van der Waals surface area contributed by atoms with Crippen molar-refractivity contribution in [1.82, 2.24) is 15.3 Å². The van der Waals surface area contributed by atoms with Crippen LogP contribution < -0.4 is 10.6 Å². The first-order valence-corrected chi connectivity index (χ1v) is 7.40. The Hall–Kier alpha value is -2.86. The van der Waals surface area contributed by atoms with Crippen molar-refractivity contribution in [2.24, 2.45) is 0 Å². The maximum absolute atomic E-state index is 12.0. The summed E-state index contributed by atoms with van der Waals surface area (Å²) < 4.78 is 0. The first-order valence-electron chi connectivity index (χ1n) is 7.40. The largest absolute Gasteiger partial charge is 0.394 e. The van der Waals surface area contributed by atoms with Gasteiger partial charge in [0, 0.05) is 23.3 Å². The zero-order valence-corrected chi connectivity index (χ0v) is 12.5. The monoisotopic (exact) mass is 310 g/mol. The lowest BCUT2D eigenvalue weighted by molar-refractivity contribution is 0.224. The van der Waals surface area contributed by atoms with Crippen LogP contribution in [0.15, 0.2) is 54.9 Å². The summed E-state index contributed by atoms with van der Waals surface area (Å²) in [5.74, 6) is 0.466. The molecule has 4 N–H and O–H groups in total. The second-order valence-corrected chi connectivity index (χ2v) is 5.26. The van der Waals surface area contributed by atoms with Crippen LogP contribution in [0.4, 0.5) is 10.6 Å². The summed E-state index contributed by atoms with van der Waals surface area (Å²) >= 11 is 0. The van der Waals surface area contributed by atoms with Gasteiger partial charge in [0.25, 0.3) is 0 Å². The van der Waals surface area contributed by atoms with Crippen LogP contribution in [0.2, 0.25) is 0 Å². The summed E-state index contributed by atoms with van der Waals surface area (Å²) in [7, 11) is 0. The van der Waals surface area contributed by atoms with Crippen LogP contribution in [-0.2, 0) is 6.42 Å². The number of aromatic amines is 1. The van der Waals surface area contributed by atoms with Gasteiger partial charge in [0.1, 0.15) is 5.82 Å². The molecule has 1 atom stereocenters. The van der Waals surface area contributed by atoms with E-state index in [0.717, 1.165) is 16.5 Å². The van der Waals surface area contributed by atoms with Crippen molar-refractivity contribution in [2.45, 2.75) is 12.5 Å². The Morgan fingerprint density at radius 2 is 2.04 bits per heavy atom. The summed E-state index contributed by atoms with van der Waals surface area (Å²) in [4.78, 5) is 19.2. The molecule has 0 spiro atoms. The predicted octanol–water partition coefficient (Wildman–Crippen LogP) is 2.29. The first-order chi connectivity index (χ1) is 11.3. The van der Waals surface area contributed by atoms with Crippen molar-refractivity contribution in [1.29, 1.82) is 0 Å². The number of aliphatic hydroxyl groups is 1. The molecule has 3 aromatic rings. The lowest BCUT2D eigenvalue weighted by Gasteiger charge is -2.16. The second kappa shape index (κ2) is 6.93. The molecule has 0 fully saturated rings. The fourth-order valence-electron chi connectivity index (χ4n) is 2.50. The first kappa shape index (κ1) is 15.1. The van der Waals surface area contributed by atoms with E-state index in [2.05, 4.69) is 20.6 Å². The third-order valence-corrected chi connectivity index (χ3v) is 3.60. The SMILES string of the molecule is O=C(Nc1ccccn1)N[C@@H](CO)Cc1c[nH]c2ccccc12. The smallest absolute Gasteiger partial charge is 0.320 e. The van der Waals surface area contributed by atoms with Crippen molar-refractivity contribution >= 4 is 22.8 Å². The number of fused-ring (bicyclic) bond motifs is 1. The number of hydrogen-bond donors (Lipinski definition) is 4. The Morgan fingerprint density at radius 3 is 2.83 bits per heavy atom. The van der Waals surface area contributed by atoms with Crippen LogP contribution in [-0.4, -0.2) is 33.8 Å². The number of amides is 2. The highest BCUT2D eigenvalue weighted by molar-refractivity contribution is 5.88. The Kier molecular flexibility index (Phi) is 4.54. The molecule has 3 rings (SSSR count). The summed E-state index contributed by atoms with van der Waals surface area (Å²) in [6.45, 7) is -0.144. The number of hydrogen-bond acceptors (Lipinski definition) is 3. The topological polar surface area (TPSA) is 90.0 Å². The van der Waals surface area contributed by atoms with Gasteiger partial charge in [-0.15, -0.1) is 0 Å². The molecule has 6 heteroatoms. The highest BCUT2D eigenvalue weighted by atomic mass is 16.3. The lowest BCUT2D eigenvalue weighted by atomic mass is 10.1. The number of pyridine rings is 1. The normalized spacial score (nSPS) is 12.0. The van der Waals surface area contributed by atoms with Crippen molar-refractivity contribution in [2.75, 3.05) is 11.9 Å². The molecular weight excluding hydrogens is 292 g/mol. The van der Waals surface area contributed by atoms with Crippen LogP contribution in [0, 0.1) is 0 Å². The summed E-state index contributed by atoms with van der Waals surface area (Å²) in [6.07, 6.45) is 4.05. The minimum Gasteiger partial charge on any atom is -0.394 e. The fraction of sp³-hybridized carbons (Fsp3) is 0.176. The molecule has 0 aliphatic heterocycles. The molecule has 23 heavy (non-hydrogen) atoms. The highest BCUT2D eigenvalue weighted by Crippen LogP contribution is 2.19. The van der Waals surface area contributed by atoms with E-state index < -0.39 is 0 Å². The molecule has 0 radical (unpaired) electrons. The lowest BCUT2D eigenvalue weighted by Crippen LogP contribution is -2.41. The van der Waals surface area contributed by atoms with Crippen molar-refractivity contribution in [3.05, 3.63) is 60.4 Å². The van der Waals surface area contributed by atoms with E-state index in [4.69, 9.17) is 0 Å². The summed E-state index contributed by atoms with van der Waals surface area (Å²) in [5.41, 5.74) is 2.09. The van der Waals surface area contributed by atoms with Crippen LogP contribution in [0.1, 0.15) is 5.56 Å². The highest BCUT2D eigenvalue weighted by Gasteiger charge is 2.14. The van der Waals surface area contributed by atoms with E-state index >= 15 is 0 Å². The zero-order valence-electron chi connectivity index (χ0n) is 12.5. The molecule has 0 saturated heterocycles. The van der Waals surface area contributed by atoms with Gasteiger partial charge in [0.2, 0.25) is 0 Å². The number of nitrogens with one attached hydrogen (secondary N) is 3. The number of aromatic nitrogens is 2. The van der Waals surface area contributed by atoms with Gasteiger partial charge in [-0.05, 0) is 30.2 Å². The van der Waals surface area contributed by atoms with Crippen molar-refractivity contribution < 1.29 is 9.90 Å². The molecular formula is C17H18N4O2. The molecule has 0 unspecified atom stereocenters. The number of anilines is 1. The van der Waals surface area contributed by atoms with E-state index in [9.17, 15) is 9.90 Å². The molecule has 118 valence electrons. The Morgan fingerprint density at radius 1 is 1.22 bits per heavy atom. The second-order valence-electron chi connectivity index (χ2n) is 5.26. The third kappa shape index (κ3) is 3.67. The number of para-hydroxylation sites is 1. The van der Waals surface area contributed by atoms with Crippen LogP contribution in [0.25, 0.3) is 10.9 Å². The summed E-state index contributed by atoms with van der Waals surface area (Å²) in [6, 6.07) is 12.4. The molecule has 0 saturated carbocycles. The molecule has 0 aliphatic carbocycles. The quantitative estimate of drug-likeness (QED) is 0.583. The number of carbonyl (C=O) groups is 1. The standard InChI is InChI=1S/C17H18N4O2/c22-11-13(20-17(23)21-16-7-3-4-8-18-16)9-12-10-19-15-6-2-1-5-14(12)15/h1-8,10,13,19,22H,9,11H2,(H2,18,20,21,23)/t13-/m1/s1. The molecule has 0 aliphatic rings. The van der Waals surface area contributed by atoms with Gasteiger partial charge in [0.15, 0.2) is 0 Å². The van der Waals surface area contributed by atoms with Gasteiger partial charge < -0.3 is 15.4 Å². The van der Waals surface area contributed by atoms with Crippen molar-refractivity contribution in [3.63, 3.8) is 0 Å². The van der Waals surface area contributed by atoms with E-state index in [-0.39, 0.29) is 18.7 Å². The Bertz CT molecular complexity index is 785. The maximum atomic E-state index is 12.0. The van der Waals surface area contributed by atoms with E-state index in [1.165, 1.54) is 0 Å². The maximum Gasteiger partial charge on any atom is 0.320 e. The van der Waals surface area contributed by atoms with E-state index in [1.807, 2.05) is 30.5 Å². The van der Waals surface area contributed by atoms with Gasteiger partial charge in [-0.2, -0.15) is 0 Å². The van der Waals surface area contributed by atoms with Gasteiger partial charge in [-0.25, -0.2) is 9.78 Å². The van der Waals surface area contributed by atoms with Gasteiger partial charge in [0.05, 0.1) is 12.6 Å². The minimum atomic E-state index is -0.386. The number of H-pyrrole nitrogens is 1. The van der Waals surface area contributed by atoms with E-state index in [0.29, 0.717) is 12.2 Å². The van der Waals surface area contributed by atoms with Crippen LogP contribution in [0.5, 0.6) is 0 Å². The molecule has 0 bridgehead atoms. The number of benzene rings is 1. The molecule has 6 nitrogen and oxygen atoms in total. The molecule has 2 amide bonds. The Labute approximate surface area is 133 Å². The number of carbonyl (C=O) groups excluding carboxylic acids is 1.